The number of nitrogens with one attached hydrogen (secondary N) is 1. The highest BCUT2D eigenvalue weighted by atomic mass is 19.1. The summed E-state index contributed by atoms with van der Waals surface area (Å²) in [4.78, 5) is 0. The summed E-state index contributed by atoms with van der Waals surface area (Å²) in [6, 6.07) is 6.11. The van der Waals surface area contributed by atoms with Crippen molar-refractivity contribution in [1.82, 2.24) is 5.32 Å². The molecule has 0 fully saturated rings. The number of aliphatic hydroxyl groups excluding tert-OH is 1. The van der Waals surface area contributed by atoms with Gasteiger partial charge in [0.05, 0.1) is 12.6 Å². The zero-order valence-corrected chi connectivity index (χ0v) is 6.92. The van der Waals surface area contributed by atoms with Crippen molar-refractivity contribution in [2.24, 2.45) is 0 Å². The summed E-state index contributed by atoms with van der Waals surface area (Å²) in [6.45, 7) is -0.0998. The van der Waals surface area contributed by atoms with Crippen LogP contribution in [0.25, 0.3) is 0 Å². The molecule has 1 aromatic carbocycles. The van der Waals surface area contributed by atoms with Crippen LogP contribution < -0.4 is 5.32 Å². The van der Waals surface area contributed by atoms with E-state index in [0.717, 1.165) is 0 Å². The predicted molar refractivity (Wildman–Crippen MR) is 45.3 cm³/mol. The lowest BCUT2D eigenvalue weighted by Crippen LogP contribution is -2.20. The summed E-state index contributed by atoms with van der Waals surface area (Å²) in [6.07, 6.45) is 0. The first kappa shape index (κ1) is 9.16. The molecule has 0 aliphatic carbocycles. The van der Waals surface area contributed by atoms with Crippen LogP contribution in [0, 0.1) is 5.82 Å². The molecule has 1 rings (SSSR count). The topological polar surface area (TPSA) is 32.3 Å². The van der Waals surface area contributed by atoms with Gasteiger partial charge < -0.3 is 10.4 Å². The van der Waals surface area contributed by atoms with Crippen LogP contribution >= 0.6 is 0 Å². The summed E-state index contributed by atoms with van der Waals surface area (Å²) in [5, 5.41) is 11.7. The van der Waals surface area contributed by atoms with Crippen LogP contribution in [0.5, 0.6) is 0 Å². The third kappa shape index (κ3) is 1.81. The average Bonchev–Trinajstić information content (AvgIpc) is 2.10. The van der Waals surface area contributed by atoms with Crippen LogP contribution in [-0.4, -0.2) is 18.8 Å². The Bertz CT molecular complexity index is 248. The summed E-state index contributed by atoms with van der Waals surface area (Å²) in [5.41, 5.74) is 0.502. The number of aliphatic hydroxyl groups is 1. The minimum Gasteiger partial charge on any atom is -0.394 e. The van der Waals surface area contributed by atoms with Crippen molar-refractivity contribution in [3.63, 3.8) is 0 Å². The first-order valence-electron chi connectivity index (χ1n) is 3.82. The number of likely N-dealkylation sites (N-methyl/N-ethyl adjacent to an activating group) is 1. The van der Waals surface area contributed by atoms with Gasteiger partial charge in [0.25, 0.3) is 0 Å². The Hall–Kier alpha value is -0.930. The molecule has 0 aliphatic rings. The Morgan fingerprint density at radius 2 is 2.17 bits per heavy atom. The molecule has 0 radical (unpaired) electrons. The molecule has 1 aromatic rings. The quantitative estimate of drug-likeness (QED) is 0.709. The Balaban J connectivity index is 2.92. The largest absolute Gasteiger partial charge is 0.394 e. The smallest absolute Gasteiger partial charge is 0.128 e. The van der Waals surface area contributed by atoms with Crippen LogP contribution in [0.4, 0.5) is 4.39 Å². The zero-order chi connectivity index (χ0) is 8.97. The van der Waals surface area contributed by atoms with Gasteiger partial charge in [-0.15, -0.1) is 0 Å². The van der Waals surface area contributed by atoms with Crippen molar-refractivity contribution >= 4 is 0 Å². The summed E-state index contributed by atoms with van der Waals surface area (Å²) in [5.74, 6) is -0.286. The standard InChI is InChI=1S/C9H12FNO/c1-11-9(6-12)7-4-2-3-5-8(7)10/h2-5,9,11-12H,6H2,1H3/t9-/m1/s1. The zero-order valence-electron chi connectivity index (χ0n) is 6.92. The lowest BCUT2D eigenvalue weighted by Gasteiger charge is -2.13. The van der Waals surface area contributed by atoms with Crippen LogP contribution in [0.2, 0.25) is 0 Å². The van der Waals surface area contributed by atoms with Gasteiger partial charge in [-0.1, -0.05) is 18.2 Å². The maximum atomic E-state index is 13.1. The third-order valence-corrected chi connectivity index (χ3v) is 1.81. The van der Waals surface area contributed by atoms with E-state index in [1.165, 1.54) is 6.07 Å². The molecule has 1 atom stereocenters. The number of hydrogen-bond donors (Lipinski definition) is 2. The van der Waals surface area contributed by atoms with E-state index in [4.69, 9.17) is 5.11 Å². The minimum absolute atomic E-state index is 0.0998. The molecule has 2 nitrogen and oxygen atoms in total. The third-order valence-electron chi connectivity index (χ3n) is 1.81. The molecular weight excluding hydrogens is 157 g/mol. The monoisotopic (exact) mass is 169 g/mol. The van der Waals surface area contributed by atoms with E-state index >= 15 is 0 Å². The number of benzene rings is 1. The Kier molecular flexibility index (Phi) is 3.19. The second-order valence-corrected chi connectivity index (χ2v) is 2.55. The van der Waals surface area contributed by atoms with E-state index < -0.39 is 0 Å². The molecule has 12 heavy (non-hydrogen) atoms. The van der Waals surface area contributed by atoms with E-state index in [0.29, 0.717) is 5.56 Å². The number of hydrogen-bond acceptors (Lipinski definition) is 2. The first-order chi connectivity index (χ1) is 5.79. The number of rotatable bonds is 3. The molecule has 0 saturated heterocycles. The second kappa shape index (κ2) is 4.18. The van der Waals surface area contributed by atoms with Gasteiger partial charge in [-0.2, -0.15) is 0 Å². The van der Waals surface area contributed by atoms with Gasteiger partial charge in [-0.25, -0.2) is 4.39 Å². The molecule has 2 N–H and O–H groups in total. The predicted octanol–water partition coefficient (Wildman–Crippen LogP) is 1.08. The van der Waals surface area contributed by atoms with Crippen molar-refractivity contribution in [3.8, 4) is 0 Å². The van der Waals surface area contributed by atoms with Gasteiger partial charge >= 0.3 is 0 Å². The van der Waals surface area contributed by atoms with Crippen molar-refractivity contribution in [2.75, 3.05) is 13.7 Å². The molecule has 0 aliphatic heterocycles. The molecular formula is C9H12FNO. The molecule has 3 heteroatoms. The highest BCUT2D eigenvalue weighted by Gasteiger charge is 2.10. The van der Waals surface area contributed by atoms with E-state index in [1.54, 1.807) is 25.2 Å². The van der Waals surface area contributed by atoms with E-state index in [9.17, 15) is 4.39 Å². The lowest BCUT2D eigenvalue weighted by molar-refractivity contribution is 0.248. The highest BCUT2D eigenvalue weighted by Crippen LogP contribution is 2.15. The van der Waals surface area contributed by atoms with Crippen molar-refractivity contribution in [1.29, 1.82) is 0 Å². The first-order valence-corrected chi connectivity index (χ1v) is 3.82. The van der Waals surface area contributed by atoms with E-state index in [1.807, 2.05) is 0 Å². The second-order valence-electron chi connectivity index (χ2n) is 2.55. The van der Waals surface area contributed by atoms with Gasteiger partial charge in [0.2, 0.25) is 0 Å². The summed E-state index contributed by atoms with van der Waals surface area (Å²) >= 11 is 0. The Labute approximate surface area is 71.0 Å². The molecule has 66 valence electrons. The fraction of sp³-hybridized carbons (Fsp3) is 0.333. The van der Waals surface area contributed by atoms with Gasteiger partial charge in [-0.3, -0.25) is 0 Å². The molecule has 0 heterocycles. The van der Waals surface area contributed by atoms with Crippen LogP contribution in [0.3, 0.4) is 0 Å². The van der Waals surface area contributed by atoms with Crippen molar-refractivity contribution in [3.05, 3.63) is 35.6 Å². The lowest BCUT2D eigenvalue weighted by atomic mass is 10.1. The maximum Gasteiger partial charge on any atom is 0.128 e. The molecule has 0 saturated carbocycles. The van der Waals surface area contributed by atoms with E-state index in [2.05, 4.69) is 5.32 Å². The van der Waals surface area contributed by atoms with Crippen LogP contribution in [0.15, 0.2) is 24.3 Å². The van der Waals surface area contributed by atoms with Crippen molar-refractivity contribution < 1.29 is 9.50 Å². The minimum atomic E-state index is -0.314. The van der Waals surface area contributed by atoms with Gasteiger partial charge in [0.1, 0.15) is 5.82 Å². The maximum absolute atomic E-state index is 13.1. The summed E-state index contributed by atoms with van der Waals surface area (Å²) < 4.78 is 13.1. The fourth-order valence-corrected chi connectivity index (χ4v) is 1.10. The molecule has 0 bridgehead atoms. The normalized spacial score (nSPS) is 12.9. The summed E-state index contributed by atoms with van der Waals surface area (Å²) in [7, 11) is 1.69. The van der Waals surface area contributed by atoms with Gasteiger partial charge in [0, 0.05) is 5.56 Å². The number of halogens is 1. The Morgan fingerprint density at radius 1 is 1.50 bits per heavy atom. The molecule has 0 aromatic heterocycles. The fourth-order valence-electron chi connectivity index (χ4n) is 1.10. The highest BCUT2D eigenvalue weighted by molar-refractivity contribution is 5.21. The van der Waals surface area contributed by atoms with Crippen molar-refractivity contribution in [2.45, 2.75) is 6.04 Å². The molecule has 0 spiro atoms. The SMILES string of the molecule is CN[C@H](CO)c1ccccc1F. The Morgan fingerprint density at radius 3 is 2.67 bits per heavy atom. The molecule has 0 amide bonds. The molecule has 0 unspecified atom stereocenters. The van der Waals surface area contributed by atoms with Crippen LogP contribution in [-0.2, 0) is 0 Å². The van der Waals surface area contributed by atoms with E-state index in [-0.39, 0.29) is 18.5 Å². The van der Waals surface area contributed by atoms with Gasteiger partial charge in [-0.05, 0) is 13.1 Å². The average molecular weight is 169 g/mol. The van der Waals surface area contributed by atoms with Crippen LogP contribution in [0.1, 0.15) is 11.6 Å². The van der Waals surface area contributed by atoms with Gasteiger partial charge in [0.15, 0.2) is 0 Å².